The number of ether oxygens (including phenoxy) is 2. The zero-order valence-electron chi connectivity index (χ0n) is 22.4. The molecule has 0 aliphatic heterocycles. The van der Waals surface area contributed by atoms with E-state index in [2.05, 4.69) is 9.97 Å². The second kappa shape index (κ2) is 11.4. The fraction of sp³-hybridized carbons (Fsp3) is 0. The lowest BCUT2D eigenvalue weighted by Gasteiger charge is -2.16. The van der Waals surface area contributed by atoms with Gasteiger partial charge in [0.25, 0.3) is 11.4 Å². The van der Waals surface area contributed by atoms with Crippen molar-refractivity contribution in [1.29, 1.82) is 0 Å². The monoisotopic (exact) mass is 586 g/mol. The van der Waals surface area contributed by atoms with Gasteiger partial charge in [0.05, 0.1) is 32.0 Å². The first kappa shape index (κ1) is 27.6. The summed E-state index contributed by atoms with van der Waals surface area (Å²) in [4.78, 5) is 57.6. The van der Waals surface area contributed by atoms with E-state index in [-0.39, 0.29) is 45.1 Å². The van der Waals surface area contributed by atoms with Crippen LogP contribution in [0.5, 0.6) is 11.5 Å². The number of nitro groups is 2. The van der Waals surface area contributed by atoms with Crippen LogP contribution in [-0.4, -0.2) is 31.8 Å². The summed E-state index contributed by atoms with van der Waals surface area (Å²) in [5.41, 5.74) is 1.24. The van der Waals surface area contributed by atoms with Crippen LogP contribution in [0.2, 0.25) is 0 Å². The van der Waals surface area contributed by atoms with Crippen molar-refractivity contribution in [2.75, 3.05) is 0 Å². The maximum Gasteiger partial charge on any atom is 0.344 e. The van der Waals surface area contributed by atoms with Crippen molar-refractivity contribution in [2.45, 2.75) is 0 Å². The van der Waals surface area contributed by atoms with E-state index < -0.39 is 21.8 Å². The molecule has 6 rings (SSSR count). The van der Waals surface area contributed by atoms with Crippen molar-refractivity contribution < 1.29 is 28.9 Å². The highest BCUT2D eigenvalue weighted by molar-refractivity contribution is 6.15. The van der Waals surface area contributed by atoms with Crippen LogP contribution in [0, 0.1) is 20.2 Å². The van der Waals surface area contributed by atoms with Gasteiger partial charge in [0.15, 0.2) is 0 Å². The highest BCUT2D eigenvalue weighted by atomic mass is 16.6. The summed E-state index contributed by atoms with van der Waals surface area (Å²) in [5.74, 6) is -1.45. The summed E-state index contributed by atoms with van der Waals surface area (Å²) < 4.78 is 11.3. The summed E-state index contributed by atoms with van der Waals surface area (Å²) in [6, 6.07) is 23.8. The molecule has 0 spiro atoms. The van der Waals surface area contributed by atoms with E-state index in [1.54, 1.807) is 48.5 Å². The van der Waals surface area contributed by atoms with Crippen LogP contribution >= 0.6 is 0 Å². The predicted octanol–water partition coefficient (Wildman–Crippen LogP) is 6.70. The molecule has 12 heteroatoms. The fourth-order valence-electron chi connectivity index (χ4n) is 4.72. The minimum Gasteiger partial charge on any atom is -0.423 e. The number of rotatable bonds is 7. The Morgan fingerprint density at radius 3 is 1.27 bits per heavy atom. The Labute approximate surface area is 247 Å². The molecule has 2 heterocycles. The first-order chi connectivity index (χ1) is 21.3. The summed E-state index contributed by atoms with van der Waals surface area (Å²) >= 11 is 0. The lowest BCUT2D eigenvalue weighted by atomic mass is 9.93. The van der Waals surface area contributed by atoms with Crippen LogP contribution in [0.4, 0.5) is 11.4 Å². The first-order valence-corrected chi connectivity index (χ1v) is 13.0. The number of carbonyl (C=O) groups excluding carboxylic acids is 2. The van der Waals surface area contributed by atoms with E-state index in [1.807, 2.05) is 0 Å². The number of nitrogens with zero attached hydrogens (tertiary/aromatic N) is 4. The Bertz CT molecular complexity index is 1960. The van der Waals surface area contributed by atoms with Gasteiger partial charge in [-0.3, -0.25) is 30.2 Å². The van der Waals surface area contributed by atoms with Crippen molar-refractivity contribution in [3.63, 3.8) is 0 Å². The first-order valence-electron chi connectivity index (χ1n) is 13.0. The molecule has 0 atom stereocenters. The smallest absolute Gasteiger partial charge is 0.344 e. The molecule has 0 radical (unpaired) electrons. The van der Waals surface area contributed by atoms with Crippen LogP contribution < -0.4 is 9.47 Å². The highest BCUT2D eigenvalue weighted by Crippen LogP contribution is 2.35. The predicted molar refractivity (Wildman–Crippen MR) is 159 cm³/mol. The Morgan fingerprint density at radius 1 is 0.545 bits per heavy atom. The Balaban J connectivity index is 1.50. The molecule has 0 saturated heterocycles. The average molecular weight is 587 g/mol. The van der Waals surface area contributed by atoms with Crippen molar-refractivity contribution in [3.8, 4) is 22.6 Å². The van der Waals surface area contributed by atoms with Crippen LogP contribution in [-0.2, 0) is 0 Å². The lowest BCUT2D eigenvalue weighted by Crippen LogP contribution is -2.15. The van der Waals surface area contributed by atoms with Gasteiger partial charge in [-0.05, 0) is 36.4 Å². The molecule has 214 valence electrons. The van der Waals surface area contributed by atoms with E-state index >= 15 is 0 Å². The van der Waals surface area contributed by atoms with E-state index in [0.29, 0.717) is 21.8 Å². The van der Waals surface area contributed by atoms with Crippen LogP contribution in [0.25, 0.3) is 32.9 Å². The molecule has 0 aliphatic rings. The number of aromatic nitrogens is 2. The number of hydrogen-bond donors (Lipinski definition) is 0. The van der Waals surface area contributed by atoms with Gasteiger partial charge >= 0.3 is 11.9 Å². The summed E-state index contributed by atoms with van der Waals surface area (Å²) in [6.45, 7) is 0. The molecular formula is C32H18N4O8. The maximum atomic E-state index is 13.8. The van der Waals surface area contributed by atoms with Crippen LogP contribution in [0.3, 0.4) is 0 Å². The lowest BCUT2D eigenvalue weighted by molar-refractivity contribution is -0.385. The van der Waals surface area contributed by atoms with Crippen LogP contribution in [0.1, 0.15) is 20.7 Å². The molecule has 0 N–H and O–H groups in total. The number of fused-ring (bicyclic) bond motifs is 2. The molecule has 4 aromatic carbocycles. The fourth-order valence-corrected chi connectivity index (χ4v) is 4.72. The van der Waals surface area contributed by atoms with Gasteiger partial charge in [0.2, 0.25) is 0 Å². The standard InChI is InChI=1S/C32H18N4O8/c37-31(43-21-13-9-19(10-14-21)35(39)40)29-23-5-1-3-7-27(23)33-17-25(29)26-18-34-28-8-4-2-6-24(28)30(26)32(38)44-22-15-11-20(12-16-22)36(41)42/h1-18H. The summed E-state index contributed by atoms with van der Waals surface area (Å²) in [6.07, 6.45) is 2.87. The molecule has 12 nitrogen and oxygen atoms in total. The molecule has 0 saturated carbocycles. The third-order valence-electron chi connectivity index (χ3n) is 6.77. The highest BCUT2D eigenvalue weighted by Gasteiger charge is 2.26. The summed E-state index contributed by atoms with van der Waals surface area (Å²) in [7, 11) is 0. The minimum absolute atomic E-state index is 0.0712. The number of para-hydroxylation sites is 2. The molecule has 6 aromatic rings. The largest absolute Gasteiger partial charge is 0.423 e. The maximum absolute atomic E-state index is 13.8. The van der Waals surface area contributed by atoms with Gasteiger partial charge in [-0.25, -0.2) is 9.59 Å². The number of nitro benzene ring substituents is 2. The normalized spacial score (nSPS) is 10.8. The van der Waals surface area contributed by atoms with Crippen LogP contribution in [0.15, 0.2) is 109 Å². The zero-order chi connectivity index (χ0) is 30.8. The van der Waals surface area contributed by atoms with E-state index in [0.717, 1.165) is 0 Å². The Hall–Kier alpha value is -6.56. The summed E-state index contributed by atoms with van der Waals surface area (Å²) in [5, 5.41) is 23.0. The molecule has 0 aliphatic carbocycles. The van der Waals surface area contributed by atoms with E-state index in [4.69, 9.17) is 9.47 Å². The van der Waals surface area contributed by atoms with E-state index in [9.17, 15) is 29.8 Å². The number of esters is 2. The molecule has 2 aromatic heterocycles. The minimum atomic E-state index is -0.796. The van der Waals surface area contributed by atoms with Gasteiger partial charge in [0.1, 0.15) is 11.5 Å². The number of hydrogen-bond acceptors (Lipinski definition) is 10. The number of non-ortho nitro benzene ring substituents is 2. The van der Waals surface area contributed by atoms with Crippen molar-refractivity contribution in [3.05, 3.63) is 141 Å². The topological polar surface area (TPSA) is 165 Å². The Kier molecular flexibility index (Phi) is 7.13. The quantitative estimate of drug-likeness (QED) is 0.0850. The third-order valence-corrected chi connectivity index (χ3v) is 6.77. The molecule has 0 unspecified atom stereocenters. The second-order valence-corrected chi connectivity index (χ2v) is 9.41. The van der Waals surface area contributed by atoms with Gasteiger partial charge < -0.3 is 9.47 Å². The Morgan fingerprint density at radius 2 is 0.909 bits per heavy atom. The van der Waals surface area contributed by atoms with Crippen molar-refractivity contribution >= 4 is 45.1 Å². The van der Waals surface area contributed by atoms with Crippen molar-refractivity contribution in [2.24, 2.45) is 0 Å². The number of benzene rings is 4. The van der Waals surface area contributed by atoms with Gasteiger partial charge in [-0.2, -0.15) is 0 Å². The second-order valence-electron chi connectivity index (χ2n) is 9.41. The molecule has 0 fully saturated rings. The number of pyridine rings is 2. The molecule has 0 bridgehead atoms. The molecular weight excluding hydrogens is 568 g/mol. The SMILES string of the molecule is O=C(Oc1ccc([N+](=O)[O-])cc1)c1c(-c2cnc3ccccc3c2C(=O)Oc2ccc([N+](=O)[O-])cc2)cnc2ccccc12. The van der Waals surface area contributed by atoms with Gasteiger partial charge in [0, 0.05) is 58.6 Å². The zero-order valence-corrected chi connectivity index (χ0v) is 22.4. The van der Waals surface area contributed by atoms with Gasteiger partial charge in [-0.1, -0.05) is 36.4 Å². The van der Waals surface area contributed by atoms with Gasteiger partial charge in [-0.15, -0.1) is 0 Å². The molecule has 44 heavy (non-hydrogen) atoms. The number of carbonyl (C=O) groups is 2. The van der Waals surface area contributed by atoms with Crippen molar-refractivity contribution in [1.82, 2.24) is 9.97 Å². The molecule has 0 amide bonds. The third kappa shape index (κ3) is 5.25. The van der Waals surface area contributed by atoms with E-state index in [1.165, 1.54) is 60.9 Å². The average Bonchev–Trinajstić information content (AvgIpc) is 3.04.